The molecule has 1 aromatic heterocycles. The smallest absolute Gasteiger partial charge is 0.232 e. The number of ether oxygens (including phenoxy) is 2. The summed E-state index contributed by atoms with van der Waals surface area (Å²) in [5, 5.41) is 0. The molecule has 0 N–H and O–H groups in total. The molecule has 2 heterocycles. The summed E-state index contributed by atoms with van der Waals surface area (Å²) in [6.45, 7) is 5.95. The van der Waals surface area contributed by atoms with Gasteiger partial charge in [-0.05, 0) is 18.9 Å². The van der Waals surface area contributed by atoms with Gasteiger partial charge >= 0.3 is 0 Å². The Hall–Kier alpha value is -1.75. The fraction of sp³-hybridized carbons (Fsp3) is 0.708. The predicted molar refractivity (Wildman–Crippen MR) is 120 cm³/mol. The van der Waals surface area contributed by atoms with Gasteiger partial charge in [-0.15, -0.1) is 0 Å². The van der Waals surface area contributed by atoms with Gasteiger partial charge in [0.15, 0.2) is 6.23 Å². The zero-order valence-electron chi connectivity index (χ0n) is 18.4. The summed E-state index contributed by atoms with van der Waals surface area (Å²) in [6.07, 6.45) is 23.1. The van der Waals surface area contributed by atoms with Crippen molar-refractivity contribution in [2.24, 2.45) is 4.99 Å². The molecule has 0 spiro atoms. The van der Waals surface area contributed by atoms with Crippen LogP contribution in [0.15, 0.2) is 29.5 Å². The van der Waals surface area contributed by atoms with Crippen LogP contribution < -0.4 is 4.74 Å². The maximum Gasteiger partial charge on any atom is 0.232 e. The minimum Gasteiger partial charge on any atom is -0.477 e. The number of aliphatic imine (C=N–C) groups is 1. The van der Waals surface area contributed by atoms with Gasteiger partial charge in [-0.3, -0.25) is 9.98 Å². The van der Waals surface area contributed by atoms with Crippen molar-refractivity contribution in [1.29, 1.82) is 0 Å². The average Bonchev–Trinajstić information content (AvgIpc) is 2.76. The van der Waals surface area contributed by atoms with Crippen molar-refractivity contribution in [3.63, 3.8) is 0 Å². The van der Waals surface area contributed by atoms with E-state index in [2.05, 4.69) is 34.9 Å². The Morgan fingerprint density at radius 3 is 2.07 bits per heavy atom. The van der Waals surface area contributed by atoms with Crippen LogP contribution in [0, 0.1) is 0 Å². The molecule has 0 saturated carbocycles. The molecule has 1 aromatic rings. The van der Waals surface area contributed by atoms with Crippen molar-refractivity contribution in [3.05, 3.63) is 30.2 Å². The lowest BCUT2D eigenvalue weighted by atomic mass is 10.1. The number of unbranched alkanes of at least 4 members (excludes halogenated alkanes) is 9. The van der Waals surface area contributed by atoms with Crippen molar-refractivity contribution in [1.82, 2.24) is 9.97 Å². The van der Waals surface area contributed by atoms with E-state index in [0.29, 0.717) is 12.5 Å². The first kappa shape index (κ1) is 23.5. The van der Waals surface area contributed by atoms with Crippen molar-refractivity contribution in [3.8, 4) is 5.88 Å². The molecule has 2 rings (SSSR count). The number of nitrogens with zero attached hydrogens (tertiary/aromatic N) is 3. The van der Waals surface area contributed by atoms with E-state index in [-0.39, 0.29) is 12.1 Å². The molecule has 0 amide bonds. The van der Waals surface area contributed by atoms with E-state index >= 15 is 0 Å². The minimum atomic E-state index is -0.162. The lowest BCUT2D eigenvalue weighted by molar-refractivity contribution is 0.0870. The number of rotatable bonds is 16. The highest BCUT2D eigenvalue weighted by molar-refractivity contribution is 5.71. The lowest BCUT2D eigenvalue weighted by Crippen LogP contribution is -2.15. The van der Waals surface area contributed by atoms with Crippen molar-refractivity contribution in [2.75, 3.05) is 13.2 Å². The van der Waals surface area contributed by atoms with E-state index in [4.69, 9.17) is 9.47 Å². The number of hydrogen-bond donors (Lipinski definition) is 0. The van der Waals surface area contributed by atoms with Gasteiger partial charge in [0.25, 0.3) is 0 Å². The Balaban J connectivity index is 1.62. The third-order valence-electron chi connectivity index (χ3n) is 5.15. The van der Waals surface area contributed by atoms with Gasteiger partial charge in [-0.1, -0.05) is 77.7 Å². The summed E-state index contributed by atoms with van der Waals surface area (Å²) >= 11 is 0. The van der Waals surface area contributed by atoms with Gasteiger partial charge in [-0.25, -0.2) is 4.98 Å². The quantitative estimate of drug-likeness (QED) is 0.242. The first-order valence-electron chi connectivity index (χ1n) is 11.6. The third-order valence-corrected chi connectivity index (χ3v) is 5.15. The molecular formula is C24H39N3O2. The SMILES string of the molecule is CCCCCCCCOc1cnc(C2C=CC(OCCCCCCC)N=C2)cn1. The summed E-state index contributed by atoms with van der Waals surface area (Å²) in [6, 6.07) is 0. The Morgan fingerprint density at radius 2 is 1.45 bits per heavy atom. The van der Waals surface area contributed by atoms with E-state index in [1.165, 1.54) is 57.8 Å². The van der Waals surface area contributed by atoms with Crippen LogP contribution >= 0.6 is 0 Å². The zero-order chi connectivity index (χ0) is 20.6. The fourth-order valence-corrected chi connectivity index (χ4v) is 3.31. The van der Waals surface area contributed by atoms with Crippen LogP contribution in [0.3, 0.4) is 0 Å². The lowest BCUT2D eigenvalue weighted by Gasteiger charge is -2.16. The second kappa shape index (κ2) is 15.1. The Labute approximate surface area is 177 Å². The van der Waals surface area contributed by atoms with E-state index in [1.807, 2.05) is 12.3 Å². The molecule has 2 unspecified atom stereocenters. The van der Waals surface area contributed by atoms with Crippen LogP contribution in [-0.4, -0.2) is 35.6 Å². The molecule has 1 aliphatic rings. The zero-order valence-corrected chi connectivity index (χ0v) is 18.4. The molecule has 0 radical (unpaired) electrons. The fourth-order valence-electron chi connectivity index (χ4n) is 3.31. The molecular weight excluding hydrogens is 362 g/mol. The first-order chi connectivity index (χ1) is 14.3. The minimum absolute atomic E-state index is 0.0551. The molecule has 5 heteroatoms. The Morgan fingerprint density at radius 1 is 0.759 bits per heavy atom. The van der Waals surface area contributed by atoms with Crippen LogP contribution in [0.4, 0.5) is 0 Å². The highest BCUT2D eigenvalue weighted by Crippen LogP contribution is 2.19. The van der Waals surface area contributed by atoms with Crippen LogP contribution in [0.2, 0.25) is 0 Å². The average molecular weight is 402 g/mol. The number of hydrogen-bond acceptors (Lipinski definition) is 5. The predicted octanol–water partition coefficient (Wildman–Crippen LogP) is 6.25. The highest BCUT2D eigenvalue weighted by atomic mass is 16.5. The monoisotopic (exact) mass is 401 g/mol. The number of allylic oxidation sites excluding steroid dienone is 1. The molecule has 162 valence electrons. The largest absolute Gasteiger partial charge is 0.477 e. The molecule has 0 aromatic carbocycles. The van der Waals surface area contributed by atoms with Crippen molar-refractivity contribution >= 4 is 6.21 Å². The third kappa shape index (κ3) is 10.0. The van der Waals surface area contributed by atoms with Gasteiger partial charge in [-0.2, -0.15) is 0 Å². The van der Waals surface area contributed by atoms with E-state index in [1.54, 1.807) is 12.4 Å². The van der Waals surface area contributed by atoms with Crippen LogP contribution in [0.25, 0.3) is 0 Å². The van der Waals surface area contributed by atoms with Gasteiger partial charge in [0.2, 0.25) is 5.88 Å². The molecule has 1 aliphatic heterocycles. The van der Waals surface area contributed by atoms with E-state index < -0.39 is 0 Å². The Bertz CT molecular complexity index is 572. The van der Waals surface area contributed by atoms with Crippen LogP contribution in [-0.2, 0) is 4.74 Å². The number of aromatic nitrogens is 2. The molecule has 2 atom stereocenters. The second-order valence-electron chi connectivity index (χ2n) is 7.78. The standard InChI is InChI=1S/C24H39N3O2/c1-3-5-7-9-11-13-17-29-24-20-25-22(19-27-24)21-14-15-23(26-18-21)28-16-12-10-8-6-4-2/h14-15,18-21,23H,3-13,16-17H2,1-2H3. The van der Waals surface area contributed by atoms with E-state index in [9.17, 15) is 0 Å². The van der Waals surface area contributed by atoms with Gasteiger partial charge in [0.05, 0.1) is 30.6 Å². The summed E-state index contributed by atoms with van der Waals surface area (Å²) in [7, 11) is 0. The normalized spacial score (nSPS) is 18.3. The molecule has 5 nitrogen and oxygen atoms in total. The van der Waals surface area contributed by atoms with E-state index in [0.717, 1.165) is 25.1 Å². The van der Waals surface area contributed by atoms with Gasteiger partial charge < -0.3 is 9.47 Å². The van der Waals surface area contributed by atoms with Crippen LogP contribution in [0.5, 0.6) is 5.88 Å². The second-order valence-corrected chi connectivity index (χ2v) is 7.78. The summed E-state index contributed by atoms with van der Waals surface area (Å²) in [5.41, 5.74) is 0.884. The molecule has 0 saturated heterocycles. The maximum absolute atomic E-state index is 5.81. The van der Waals surface area contributed by atoms with Crippen molar-refractivity contribution < 1.29 is 9.47 Å². The molecule has 29 heavy (non-hydrogen) atoms. The summed E-state index contributed by atoms with van der Waals surface area (Å²) in [4.78, 5) is 13.4. The Kier molecular flexibility index (Phi) is 12.3. The molecule has 0 bridgehead atoms. The van der Waals surface area contributed by atoms with Crippen molar-refractivity contribution in [2.45, 2.75) is 96.6 Å². The molecule has 0 fully saturated rings. The van der Waals surface area contributed by atoms with Gasteiger partial charge in [0, 0.05) is 12.8 Å². The molecule has 0 aliphatic carbocycles. The first-order valence-corrected chi connectivity index (χ1v) is 11.6. The maximum atomic E-state index is 5.81. The number of dihydropyridines is 1. The topological polar surface area (TPSA) is 56.6 Å². The van der Waals surface area contributed by atoms with Gasteiger partial charge in [0.1, 0.15) is 0 Å². The summed E-state index contributed by atoms with van der Waals surface area (Å²) < 4.78 is 11.5. The highest BCUT2D eigenvalue weighted by Gasteiger charge is 2.14. The summed E-state index contributed by atoms with van der Waals surface area (Å²) in [5.74, 6) is 0.655. The van der Waals surface area contributed by atoms with Crippen LogP contribution in [0.1, 0.15) is 96.1 Å².